The van der Waals surface area contributed by atoms with E-state index in [0.29, 0.717) is 12.4 Å². The third-order valence-corrected chi connectivity index (χ3v) is 6.81. The molecule has 0 saturated carbocycles. The summed E-state index contributed by atoms with van der Waals surface area (Å²) in [5, 5.41) is 11.9. The van der Waals surface area contributed by atoms with Crippen molar-refractivity contribution in [2.24, 2.45) is 0 Å². The molecule has 29 heavy (non-hydrogen) atoms. The van der Waals surface area contributed by atoms with Crippen molar-refractivity contribution in [1.29, 1.82) is 5.26 Å². The molecule has 3 heterocycles. The first-order chi connectivity index (χ1) is 14.1. The van der Waals surface area contributed by atoms with E-state index in [0.717, 1.165) is 44.1 Å². The standard InChI is InChI=1S/C22H25N5OS/c1-24-19-7-3-4-8-20(19)25(2)22(24)18(14-23)21(28)16-27-11-9-26(10-12-27)15-17-6-5-13-29-17/h3-8,13H,9-12,15-16H2,1-2H3/p+2. The summed E-state index contributed by atoms with van der Waals surface area (Å²) in [7, 11) is 3.84. The highest BCUT2D eigenvalue weighted by Gasteiger charge is 2.33. The van der Waals surface area contributed by atoms with Crippen LogP contribution in [0.15, 0.2) is 53.2 Å². The second-order valence-corrected chi connectivity index (χ2v) is 8.81. The summed E-state index contributed by atoms with van der Waals surface area (Å²) in [4.78, 5) is 21.2. The van der Waals surface area contributed by atoms with Gasteiger partial charge in [-0.2, -0.15) is 5.26 Å². The Morgan fingerprint density at radius 2 is 1.66 bits per heavy atom. The van der Waals surface area contributed by atoms with Crippen molar-refractivity contribution >= 4 is 28.5 Å². The maximum Gasteiger partial charge on any atom is 0.231 e. The number of anilines is 2. The van der Waals surface area contributed by atoms with Crippen molar-refractivity contribution < 1.29 is 14.6 Å². The molecule has 0 aliphatic carbocycles. The third-order valence-electron chi connectivity index (χ3n) is 5.93. The van der Waals surface area contributed by atoms with Gasteiger partial charge in [-0.15, -0.1) is 11.3 Å². The van der Waals surface area contributed by atoms with Gasteiger partial charge in [0, 0.05) is 14.1 Å². The lowest BCUT2D eigenvalue weighted by molar-refractivity contribution is -1.01. The predicted octanol–water partition coefficient (Wildman–Crippen LogP) is -0.0780. The predicted molar refractivity (Wildman–Crippen MR) is 115 cm³/mol. The summed E-state index contributed by atoms with van der Waals surface area (Å²) in [6.07, 6.45) is 0. The van der Waals surface area contributed by atoms with Gasteiger partial charge in [0.1, 0.15) is 56.7 Å². The van der Waals surface area contributed by atoms with Gasteiger partial charge < -0.3 is 19.6 Å². The number of hydrogen-bond donors (Lipinski definition) is 2. The SMILES string of the molecule is CN1C(=C(C#N)C(=O)C[NH+]2CC[NH+](Cc3cccs3)CC2)N(C)c2ccccc21. The number of nitrogens with zero attached hydrogens (tertiary/aromatic N) is 3. The minimum absolute atomic E-state index is 0.0642. The van der Waals surface area contributed by atoms with Gasteiger partial charge in [-0.25, -0.2) is 0 Å². The van der Waals surface area contributed by atoms with Gasteiger partial charge in [0.25, 0.3) is 0 Å². The number of carbonyl (C=O) groups is 1. The number of quaternary nitrogens is 2. The molecule has 150 valence electrons. The van der Waals surface area contributed by atoms with Crippen LogP contribution < -0.4 is 19.6 Å². The molecule has 2 aliphatic heterocycles. The molecule has 1 saturated heterocycles. The Kier molecular flexibility index (Phi) is 5.67. The largest absolute Gasteiger partial charge is 0.328 e. The number of hydrogen-bond acceptors (Lipinski definition) is 5. The maximum absolute atomic E-state index is 13.0. The van der Waals surface area contributed by atoms with Gasteiger partial charge >= 0.3 is 0 Å². The molecule has 4 rings (SSSR count). The molecule has 0 spiro atoms. The molecular formula is C22H27N5OS+2. The highest BCUT2D eigenvalue weighted by molar-refractivity contribution is 7.09. The van der Waals surface area contributed by atoms with Crippen LogP contribution >= 0.6 is 11.3 Å². The second-order valence-electron chi connectivity index (χ2n) is 7.77. The van der Waals surface area contributed by atoms with E-state index in [-0.39, 0.29) is 11.4 Å². The van der Waals surface area contributed by atoms with Crippen molar-refractivity contribution in [2.75, 3.05) is 56.6 Å². The summed E-state index contributed by atoms with van der Waals surface area (Å²) in [6.45, 7) is 5.50. The van der Waals surface area contributed by atoms with Crippen LogP contribution in [-0.4, -0.2) is 52.6 Å². The molecule has 6 nitrogen and oxygen atoms in total. The van der Waals surface area contributed by atoms with E-state index >= 15 is 0 Å². The Balaban J connectivity index is 1.42. The van der Waals surface area contributed by atoms with E-state index in [1.807, 2.05) is 59.5 Å². The zero-order chi connectivity index (χ0) is 20.4. The van der Waals surface area contributed by atoms with Crippen molar-refractivity contribution in [3.63, 3.8) is 0 Å². The Hall–Kier alpha value is -2.66. The topological polar surface area (TPSA) is 56.2 Å². The molecule has 2 N–H and O–H groups in total. The number of benzene rings is 1. The van der Waals surface area contributed by atoms with Crippen LogP contribution in [0.4, 0.5) is 11.4 Å². The fourth-order valence-corrected chi connectivity index (χ4v) is 5.12. The first-order valence-electron chi connectivity index (χ1n) is 10.0. The van der Waals surface area contributed by atoms with E-state index in [1.54, 1.807) is 4.90 Å². The van der Waals surface area contributed by atoms with Crippen molar-refractivity contribution in [2.45, 2.75) is 6.54 Å². The molecule has 0 bridgehead atoms. The van der Waals surface area contributed by atoms with Gasteiger partial charge in [0.15, 0.2) is 0 Å². The van der Waals surface area contributed by atoms with Gasteiger partial charge in [0.05, 0.1) is 16.3 Å². The molecular weight excluding hydrogens is 382 g/mol. The zero-order valence-corrected chi connectivity index (χ0v) is 17.8. The fraction of sp³-hybridized carbons (Fsp3) is 0.364. The molecule has 2 aliphatic rings. The van der Waals surface area contributed by atoms with E-state index in [9.17, 15) is 10.1 Å². The lowest BCUT2D eigenvalue weighted by Crippen LogP contribution is -3.27. The van der Waals surface area contributed by atoms with Gasteiger partial charge in [-0.05, 0) is 23.6 Å². The number of ketones is 1. The summed E-state index contributed by atoms with van der Waals surface area (Å²) in [5.41, 5.74) is 2.29. The van der Waals surface area contributed by atoms with Gasteiger partial charge in [-0.3, -0.25) is 4.79 Å². The molecule has 1 aromatic carbocycles. The van der Waals surface area contributed by atoms with Crippen molar-refractivity contribution in [3.05, 3.63) is 58.0 Å². The van der Waals surface area contributed by atoms with E-state index < -0.39 is 0 Å². The Morgan fingerprint density at radius 3 is 2.21 bits per heavy atom. The lowest BCUT2D eigenvalue weighted by Gasteiger charge is -2.29. The Morgan fingerprint density at radius 1 is 1.03 bits per heavy atom. The highest BCUT2D eigenvalue weighted by atomic mass is 32.1. The molecule has 0 atom stereocenters. The lowest BCUT2D eigenvalue weighted by atomic mass is 10.1. The molecule has 0 radical (unpaired) electrons. The monoisotopic (exact) mass is 409 g/mol. The van der Waals surface area contributed by atoms with Crippen LogP contribution in [0.2, 0.25) is 0 Å². The number of Topliss-reactive ketones (excluding diaryl/α,β-unsaturated/α-hetero) is 1. The van der Waals surface area contributed by atoms with E-state index in [1.165, 1.54) is 9.78 Å². The average molecular weight is 410 g/mol. The Labute approximate surface area is 175 Å². The quantitative estimate of drug-likeness (QED) is 0.536. The van der Waals surface area contributed by atoms with Crippen LogP contribution in [0, 0.1) is 11.3 Å². The minimum atomic E-state index is -0.0642. The van der Waals surface area contributed by atoms with Crippen molar-refractivity contribution in [3.8, 4) is 6.07 Å². The summed E-state index contributed by atoms with van der Waals surface area (Å²) >= 11 is 1.81. The molecule has 2 aromatic rings. The van der Waals surface area contributed by atoms with Crippen LogP contribution in [0.1, 0.15) is 4.88 Å². The fourth-order valence-electron chi connectivity index (χ4n) is 4.34. The number of carbonyl (C=O) groups excluding carboxylic acids is 1. The molecule has 0 unspecified atom stereocenters. The first-order valence-corrected chi connectivity index (χ1v) is 10.9. The smallest absolute Gasteiger partial charge is 0.231 e. The summed E-state index contributed by atoms with van der Waals surface area (Å²) in [5.74, 6) is 0.616. The van der Waals surface area contributed by atoms with Crippen LogP contribution in [0.25, 0.3) is 0 Å². The summed E-state index contributed by atoms with van der Waals surface area (Å²) < 4.78 is 0. The number of nitrogens with one attached hydrogen (secondary N) is 2. The number of fused-ring (bicyclic) bond motifs is 1. The zero-order valence-electron chi connectivity index (χ0n) is 16.9. The van der Waals surface area contributed by atoms with Crippen LogP contribution in [0.5, 0.6) is 0 Å². The van der Waals surface area contributed by atoms with Crippen LogP contribution in [0.3, 0.4) is 0 Å². The highest BCUT2D eigenvalue weighted by Crippen LogP contribution is 2.40. The van der Waals surface area contributed by atoms with E-state index in [4.69, 9.17) is 0 Å². The second kappa shape index (κ2) is 8.37. The van der Waals surface area contributed by atoms with Gasteiger partial charge in [-0.1, -0.05) is 18.2 Å². The Bertz CT molecular complexity index is 923. The van der Waals surface area contributed by atoms with E-state index in [2.05, 4.69) is 23.6 Å². The number of piperazine rings is 1. The maximum atomic E-state index is 13.0. The normalized spacial score (nSPS) is 21.1. The number of para-hydroxylation sites is 2. The molecule has 1 fully saturated rings. The third kappa shape index (κ3) is 3.92. The number of thiophene rings is 1. The van der Waals surface area contributed by atoms with Gasteiger partial charge in [0.2, 0.25) is 5.78 Å². The molecule has 7 heteroatoms. The molecule has 0 amide bonds. The average Bonchev–Trinajstić information content (AvgIpc) is 3.33. The van der Waals surface area contributed by atoms with Crippen molar-refractivity contribution in [1.82, 2.24) is 0 Å². The first kappa shape index (κ1) is 19.6. The number of nitriles is 1. The van der Waals surface area contributed by atoms with Crippen LogP contribution in [-0.2, 0) is 11.3 Å². The number of rotatable bonds is 5. The summed E-state index contributed by atoms with van der Waals surface area (Å²) in [6, 6.07) is 14.5. The molecule has 1 aromatic heterocycles. The minimum Gasteiger partial charge on any atom is -0.328 e.